The molecule has 0 N–H and O–H groups in total. The van der Waals surface area contributed by atoms with Crippen molar-refractivity contribution in [3.05, 3.63) is 48.0 Å². The van der Waals surface area contributed by atoms with Crippen molar-refractivity contribution in [3.8, 4) is 0 Å². The number of hydrogen-bond donors (Lipinski definition) is 0. The molecule has 0 radical (unpaired) electrons. The number of carbonyl (C=O) groups is 1. The van der Waals surface area contributed by atoms with Crippen LogP contribution < -0.4 is 0 Å². The van der Waals surface area contributed by atoms with Crippen LogP contribution in [0.15, 0.2) is 41.6 Å². The highest BCUT2D eigenvalue weighted by atomic mass is 32.2. The van der Waals surface area contributed by atoms with Crippen molar-refractivity contribution in [1.29, 1.82) is 0 Å². The summed E-state index contributed by atoms with van der Waals surface area (Å²) in [5, 5.41) is 0. The predicted molar refractivity (Wildman–Crippen MR) is 74.2 cm³/mol. The predicted octanol–water partition coefficient (Wildman–Crippen LogP) is 3.25. The second kappa shape index (κ2) is 5.87. The zero-order chi connectivity index (χ0) is 13.0. The SMILES string of the molecule is CCSc1ccc(C(=O)c2nccn2CC)cc1. The highest BCUT2D eigenvalue weighted by Gasteiger charge is 2.14. The van der Waals surface area contributed by atoms with Gasteiger partial charge in [0.2, 0.25) is 5.78 Å². The normalized spacial score (nSPS) is 10.6. The maximum Gasteiger partial charge on any atom is 0.228 e. The molecule has 1 aromatic heterocycles. The third kappa shape index (κ3) is 2.64. The highest BCUT2D eigenvalue weighted by molar-refractivity contribution is 7.99. The summed E-state index contributed by atoms with van der Waals surface area (Å²) in [6.45, 7) is 4.87. The molecule has 0 aliphatic rings. The van der Waals surface area contributed by atoms with Crippen molar-refractivity contribution in [2.45, 2.75) is 25.3 Å². The number of ketones is 1. The lowest BCUT2D eigenvalue weighted by molar-refractivity contribution is 0.102. The summed E-state index contributed by atoms with van der Waals surface area (Å²) in [6, 6.07) is 7.71. The minimum Gasteiger partial charge on any atom is -0.328 e. The molecule has 0 amide bonds. The van der Waals surface area contributed by atoms with E-state index in [1.54, 1.807) is 18.0 Å². The van der Waals surface area contributed by atoms with Gasteiger partial charge in [0.15, 0.2) is 5.82 Å². The molecule has 3 nitrogen and oxygen atoms in total. The number of benzene rings is 1. The van der Waals surface area contributed by atoms with Crippen molar-refractivity contribution in [1.82, 2.24) is 9.55 Å². The molecule has 94 valence electrons. The van der Waals surface area contributed by atoms with Crippen molar-refractivity contribution < 1.29 is 4.79 Å². The van der Waals surface area contributed by atoms with Crippen LogP contribution in [-0.2, 0) is 6.54 Å². The first kappa shape index (κ1) is 12.9. The smallest absolute Gasteiger partial charge is 0.228 e. The van der Waals surface area contributed by atoms with Crippen LogP contribution in [0, 0.1) is 0 Å². The second-order valence-electron chi connectivity index (χ2n) is 3.82. The molecular weight excluding hydrogens is 244 g/mol. The Morgan fingerprint density at radius 3 is 2.61 bits per heavy atom. The number of aryl methyl sites for hydroxylation is 1. The first-order valence-corrected chi connectivity index (χ1v) is 7.03. The van der Waals surface area contributed by atoms with Gasteiger partial charge in [-0.15, -0.1) is 11.8 Å². The summed E-state index contributed by atoms with van der Waals surface area (Å²) < 4.78 is 1.86. The van der Waals surface area contributed by atoms with Crippen molar-refractivity contribution in [2.75, 3.05) is 5.75 Å². The van der Waals surface area contributed by atoms with Gasteiger partial charge in [0.05, 0.1) is 0 Å². The molecule has 0 atom stereocenters. The van der Waals surface area contributed by atoms with Crippen LogP contribution in [0.5, 0.6) is 0 Å². The molecule has 1 heterocycles. The third-order valence-corrected chi connectivity index (χ3v) is 3.58. The Morgan fingerprint density at radius 1 is 1.28 bits per heavy atom. The van der Waals surface area contributed by atoms with Crippen LogP contribution in [-0.4, -0.2) is 21.1 Å². The largest absolute Gasteiger partial charge is 0.328 e. The van der Waals surface area contributed by atoms with Crippen LogP contribution in [0.4, 0.5) is 0 Å². The molecule has 0 unspecified atom stereocenters. The van der Waals surface area contributed by atoms with Gasteiger partial charge in [-0.25, -0.2) is 4.98 Å². The van der Waals surface area contributed by atoms with E-state index < -0.39 is 0 Å². The van der Waals surface area contributed by atoms with Crippen LogP contribution >= 0.6 is 11.8 Å². The molecule has 0 fully saturated rings. The van der Waals surface area contributed by atoms with Crippen LogP contribution in [0.2, 0.25) is 0 Å². The molecule has 0 aliphatic carbocycles. The van der Waals surface area contributed by atoms with Crippen molar-refractivity contribution in [3.63, 3.8) is 0 Å². The van der Waals surface area contributed by atoms with E-state index in [9.17, 15) is 4.79 Å². The molecule has 1 aromatic carbocycles. The summed E-state index contributed by atoms with van der Waals surface area (Å²) >= 11 is 1.77. The van der Waals surface area contributed by atoms with Gasteiger partial charge in [0.1, 0.15) is 0 Å². The number of imidazole rings is 1. The molecule has 2 aromatic rings. The quantitative estimate of drug-likeness (QED) is 0.611. The molecular formula is C14H16N2OS. The van der Waals surface area contributed by atoms with Crippen LogP contribution in [0.1, 0.15) is 30.0 Å². The van der Waals surface area contributed by atoms with E-state index in [2.05, 4.69) is 11.9 Å². The van der Waals surface area contributed by atoms with Crippen molar-refractivity contribution in [2.24, 2.45) is 0 Å². The third-order valence-electron chi connectivity index (χ3n) is 2.69. The van der Waals surface area contributed by atoms with Gasteiger partial charge in [-0.1, -0.05) is 6.92 Å². The fourth-order valence-electron chi connectivity index (χ4n) is 1.77. The summed E-state index contributed by atoms with van der Waals surface area (Å²) in [7, 11) is 0. The van der Waals surface area contributed by atoms with E-state index in [1.165, 1.54) is 4.90 Å². The molecule has 0 saturated carbocycles. The molecule has 0 aliphatic heterocycles. The average Bonchev–Trinajstić information content (AvgIpc) is 2.87. The van der Waals surface area contributed by atoms with Gasteiger partial charge in [-0.2, -0.15) is 0 Å². The Kier molecular flexibility index (Phi) is 4.20. The monoisotopic (exact) mass is 260 g/mol. The van der Waals surface area contributed by atoms with E-state index in [1.807, 2.05) is 42.0 Å². The number of nitrogens with zero attached hydrogens (tertiary/aromatic N) is 2. The minimum absolute atomic E-state index is 0.0186. The molecule has 4 heteroatoms. The second-order valence-corrected chi connectivity index (χ2v) is 5.16. The van der Waals surface area contributed by atoms with Gasteiger partial charge in [0.25, 0.3) is 0 Å². The Morgan fingerprint density at radius 2 is 2.00 bits per heavy atom. The molecule has 0 spiro atoms. The maximum atomic E-state index is 12.3. The zero-order valence-electron chi connectivity index (χ0n) is 10.6. The van der Waals surface area contributed by atoms with E-state index >= 15 is 0 Å². The Bertz CT molecular complexity index is 531. The number of thioether (sulfide) groups is 1. The number of hydrogen-bond acceptors (Lipinski definition) is 3. The highest BCUT2D eigenvalue weighted by Crippen LogP contribution is 2.18. The zero-order valence-corrected chi connectivity index (χ0v) is 11.4. The van der Waals surface area contributed by atoms with Crippen LogP contribution in [0.3, 0.4) is 0 Å². The fourth-order valence-corrected chi connectivity index (χ4v) is 2.43. The van der Waals surface area contributed by atoms with Gasteiger partial charge < -0.3 is 4.57 Å². The molecule has 2 rings (SSSR count). The standard InChI is InChI=1S/C14H16N2OS/c1-3-16-10-9-15-14(16)13(17)11-5-7-12(8-6-11)18-4-2/h5-10H,3-4H2,1-2H3. The van der Waals surface area contributed by atoms with E-state index in [4.69, 9.17) is 0 Å². The summed E-state index contributed by atoms with van der Waals surface area (Å²) in [5.74, 6) is 1.52. The first-order chi connectivity index (χ1) is 8.76. The Labute approximate surface area is 111 Å². The van der Waals surface area contributed by atoms with Crippen LogP contribution in [0.25, 0.3) is 0 Å². The Hall–Kier alpha value is -1.55. The lowest BCUT2D eigenvalue weighted by Gasteiger charge is -2.04. The average molecular weight is 260 g/mol. The fraction of sp³-hybridized carbons (Fsp3) is 0.286. The van der Waals surface area contributed by atoms with Gasteiger partial charge in [0, 0.05) is 29.4 Å². The van der Waals surface area contributed by atoms with Gasteiger partial charge >= 0.3 is 0 Å². The lowest BCUT2D eigenvalue weighted by atomic mass is 10.1. The van der Waals surface area contributed by atoms with E-state index in [-0.39, 0.29) is 5.78 Å². The van der Waals surface area contributed by atoms with Gasteiger partial charge in [-0.05, 0) is 36.9 Å². The van der Waals surface area contributed by atoms with Gasteiger partial charge in [-0.3, -0.25) is 4.79 Å². The number of rotatable bonds is 5. The first-order valence-electron chi connectivity index (χ1n) is 6.05. The van der Waals surface area contributed by atoms with E-state index in [0.717, 1.165) is 12.3 Å². The summed E-state index contributed by atoms with van der Waals surface area (Å²) in [6.07, 6.45) is 3.49. The topological polar surface area (TPSA) is 34.9 Å². The number of aromatic nitrogens is 2. The Balaban J connectivity index is 2.23. The maximum absolute atomic E-state index is 12.3. The summed E-state index contributed by atoms with van der Waals surface area (Å²) in [4.78, 5) is 17.6. The molecule has 18 heavy (non-hydrogen) atoms. The molecule has 0 saturated heterocycles. The lowest BCUT2D eigenvalue weighted by Crippen LogP contribution is -2.10. The summed E-state index contributed by atoms with van der Waals surface area (Å²) in [5.41, 5.74) is 0.691. The van der Waals surface area contributed by atoms with Crippen molar-refractivity contribution >= 4 is 17.5 Å². The molecule has 0 bridgehead atoms. The number of carbonyl (C=O) groups excluding carboxylic acids is 1. The van der Waals surface area contributed by atoms with E-state index in [0.29, 0.717) is 11.4 Å². The minimum atomic E-state index is -0.0186.